The van der Waals surface area contributed by atoms with Crippen LogP contribution in [0.15, 0.2) is 0 Å². The van der Waals surface area contributed by atoms with E-state index in [4.69, 9.17) is 4.74 Å². The van der Waals surface area contributed by atoms with E-state index in [-0.39, 0.29) is 11.1 Å². The van der Waals surface area contributed by atoms with Crippen LogP contribution < -0.4 is 0 Å². The van der Waals surface area contributed by atoms with E-state index in [1.165, 1.54) is 0 Å². The molecular formula is C13H29NO. The first kappa shape index (κ1) is 14.9. The molecular weight excluding hydrogens is 186 g/mol. The third kappa shape index (κ3) is 3.46. The first-order valence-corrected chi connectivity index (χ1v) is 6.14. The molecule has 1 aliphatic rings. The van der Waals surface area contributed by atoms with E-state index in [2.05, 4.69) is 46.4 Å². The molecule has 0 spiro atoms. The van der Waals surface area contributed by atoms with Crippen molar-refractivity contribution in [1.82, 2.24) is 4.90 Å². The fourth-order valence-electron chi connectivity index (χ4n) is 2.91. The molecule has 1 fully saturated rings. The Morgan fingerprint density at radius 1 is 0.933 bits per heavy atom. The summed E-state index contributed by atoms with van der Waals surface area (Å²) in [4.78, 5) is 2.56. The minimum Gasteiger partial charge on any atom is -0.378 e. The molecule has 0 bridgehead atoms. The quantitative estimate of drug-likeness (QED) is 0.665. The Balaban J connectivity index is 0.000000921. The molecule has 1 aliphatic heterocycles. The average molecular weight is 215 g/mol. The molecule has 0 radical (unpaired) electrons. The topological polar surface area (TPSA) is 12.5 Å². The van der Waals surface area contributed by atoms with Crippen LogP contribution in [-0.4, -0.2) is 35.2 Å². The predicted molar refractivity (Wildman–Crippen MR) is 67.3 cm³/mol. The zero-order chi connectivity index (χ0) is 12.3. The molecule has 1 rings (SSSR count). The predicted octanol–water partition coefficient (Wildman–Crippen LogP) is 3.31. The van der Waals surface area contributed by atoms with Crippen LogP contribution in [0.1, 0.15) is 55.4 Å². The lowest BCUT2D eigenvalue weighted by Crippen LogP contribution is -2.65. The number of rotatable bonds is 1. The number of hydrogen-bond acceptors (Lipinski definition) is 2. The van der Waals surface area contributed by atoms with Gasteiger partial charge in [0, 0.05) is 17.1 Å². The van der Waals surface area contributed by atoms with Gasteiger partial charge in [0.05, 0.1) is 13.2 Å². The first-order chi connectivity index (χ1) is 6.77. The molecule has 2 heteroatoms. The summed E-state index contributed by atoms with van der Waals surface area (Å²) >= 11 is 0. The summed E-state index contributed by atoms with van der Waals surface area (Å²) < 4.78 is 5.64. The lowest BCUT2D eigenvalue weighted by Gasteiger charge is -2.54. The van der Waals surface area contributed by atoms with Crippen molar-refractivity contribution in [3.63, 3.8) is 0 Å². The molecule has 15 heavy (non-hydrogen) atoms. The molecule has 2 nitrogen and oxygen atoms in total. The summed E-state index contributed by atoms with van der Waals surface area (Å²) in [6.45, 7) is 19.2. The molecule has 0 unspecified atom stereocenters. The van der Waals surface area contributed by atoms with Gasteiger partial charge in [-0.1, -0.05) is 13.8 Å². The molecule has 0 aromatic carbocycles. The van der Waals surface area contributed by atoms with E-state index < -0.39 is 0 Å². The van der Waals surface area contributed by atoms with Crippen molar-refractivity contribution in [3.05, 3.63) is 0 Å². The van der Waals surface area contributed by atoms with Crippen LogP contribution in [0.3, 0.4) is 0 Å². The average Bonchev–Trinajstić information content (AvgIpc) is 2.02. The Morgan fingerprint density at radius 3 is 1.47 bits per heavy atom. The Hall–Kier alpha value is -0.0800. The fourth-order valence-corrected chi connectivity index (χ4v) is 2.91. The van der Waals surface area contributed by atoms with Gasteiger partial charge in [0.15, 0.2) is 0 Å². The van der Waals surface area contributed by atoms with Crippen LogP contribution in [0.5, 0.6) is 0 Å². The van der Waals surface area contributed by atoms with Gasteiger partial charge in [-0.15, -0.1) is 0 Å². The third-order valence-electron chi connectivity index (χ3n) is 2.73. The van der Waals surface area contributed by atoms with E-state index in [1.54, 1.807) is 0 Å². The van der Waals surface area contributed by atoms with E-state index in [0.717, 1.165) is 13.2 Å². The number of ether oxygens (including phenoxy) is 1. The molecule has 0 aromatic heterocycles. The maximum atomic E-state index is 5.64. The lowest BCUT2D eigenvalue weighted by molar-refractivity contribution is -0.140. The second kappa shape index (κ2) is 5.31. The second-order valence-electron chi connectivity index (χ2n) is 5.58. The number of morpholine rings is 1. The zero-order valence-electron chi connectivity index (χ0n) is 11.8. The van der Waals surface area contributed by atoms with Crippen molar-refractivity contribution >= 4 is 0 Å². The maximum Gasteiger partial charge on any atom is 0.0646 e. The van der Waals surface area contributed by atoms with Crippen molar-refractivity contribution in [2.45, 2.75) is 72.5 Å². The van der Waals surface area contributed by atoms with Crippen LogP contribution in [0.4, 0.5) is 0 Å². The van der Waals surface area contributed by atoms with Gasteiger partial charge in [-0.25, -0.2) is 0 Å². The van der Waals surface area contributed by atoms with Gasteiger partial charge in [0.1, 0.15) is 0 Å². The first-order valence-electron chi connectivity index (χ1n) is 6.14. The van der Waals surface area contributed by atoms with Crippen molar-refractivity contribution in [3.8, 4) is 0 Å². The SMILES string of the molecule is CC.CC(C)N1C(C)(C)COCC1(C)C. The fraction of sp³-hybridized carbons (Fsp3) is 1.00. The highest BCUT2D eigenvalue weighted by Crippen LogP contribution is 2.32. The maximum absolute atomic E-state index is 5.64. The zero-order valence-corrected chi connectivity index (χ0v) is 11.8. The molecule has 0 N–H and O–H groups in total. The molecule has 0 atom stereocenters. The van der Waals surface area contributed by atoms with Crippen LogP contribution in [0.25, 0.3) is 0 Å². The summed E-state index contributed by atoms with van der Waals surface area (Å²) in [5, 5.41) is 0. The molecule has 0 aromatic rings. The summed E-state index contributed by atoms with van der Waals surface area (Å²) in [5.41, 5.74) is 0.325. The largest absolute Gasteiger partial charge is 0.378 e. The Bertz CT molecular complexity index is 169. The molecule has 1 saturated heterocycles. The van der Waals surface area contributed by atoms with Crippen LogP contribution in [0.2, 0.25) is 0 Å². The smallest absolute Gasteiger partial charge is 0.0646 e. The third-order valence-corrected chi connectivity index (χ3v) is 2.73. The van der Waals surface area contributed by atoms with Crippen LogP contribution in [0, 0.1) is 0 Å². The van der Waals surface area contributed by atoms with Gasteiger partial charge in [0.25, 0.3) is 0 Å². The minimum absolute atomic E-state index is 0.163. The van der Waals surface area contributed by atoms with Crippen molar-refractivity contribution in [1.29, 1.82) is 0 Å². The van der Waals surface area contributed by atoms with Crippen molar-refractivity contribution < 1.29 is 4.74 Å². The molecule has 0 aliphatic carbocycles. The van der Waals surface area contributed by atoms with Crippen molar-refractivity contribution in [2.75, 3.05) is 13.2 Å². The second-order valence-corrected chi connectivity index (χ2v) is 5.58. The van der Waals surface area contributed by atoms with Gasteiger partial charge < -0.3 is 4.74 Å². The minimum atomic E-state index is 0.163. The summed E-state index contributed by atoms with van der Waals surface area (Å²) in [6, 6.07) is 0.578. The standard InChI is InChI=1S/C11H23NO.C2H6/c1-9(2)12-10(3,4)7-13-8-11(12,5)6;1-2/h9H,7-8H2,1-6H3;1-2H3. The highest BCUT2D eigenvalue weighted by atomic mass is 16.5. The summed E-state index contributed by atoms with van der Waals surface area (Å²) in [7, 11) is 0. The lowest BCUT2D eigenvalue weighted by atomic mass is 9.90. The normalized spacial score (nSPS) is 24.6. The summed E-state index contributed by atoms with van der Waals surface area (Å²) in [5.74, 6) is 0. The van der Waals surface area contributed by atoms with Gasteiger partial charge in [0.2, 0.25) is 0 Å². The Labute approximate surface area is 96.0 Å². The molecule has 0 saturated carbocycles. The monoisotopic (exact) mass is 215 g/mol. The summed E-state index contributed by atoms with van der Waals surface area (Å²) in [6.07, 6.45) is 0. The van der Waals surface area contributed by atoms with Gasteiger partial charge in [-0.3, -0.25) is 4.90 Å². The Kier molecular flexibility index (Phi) is 5.28. The molecule has 0 amide bonds. The van der Waals surface area contributed by atoms with E-state index in [9.17, 15) is 0 Å². The highest BCUT2D eigenvalue weighted by molar-refractivity contribution is 4.97. The van der Waals surface area contributed by atoms with Gasteiger partial charge in [-0.05, 0) is 41.5 Å². The van der Waals surface area contributed by atoms with E-state index >= 15 is 0 Å². The van der Waals surface area contributed by atoms with Crippen LogP contribution >= 0.6 is 0 Å². The highest BCUT2D eigenvalue weighted by Gasteiger charge is 2.43. The number of hydrogen-bond donors (Lipinski definition) is 0. The molecule has 1 heterocycles. The van der Waals surface area contributed by atoms with Gasteiger partial charge in [-0.2, -0.15) is 0 Å². The van der Waals surface area contributed by atoms with Crippen LogP contribution in [-0.2, 0) is 4.74 Å². The van der Waals surface area contributed by atoms with E-state index in [0.29, 0.717) is 6.04 Å². The van der Waals surface area contributed by atoms with E-state index in [1.807, 2.05) is 13.8 Å². The van der Waals surface area contributed by atoms with Crippen molar-refractivity contribution in [2.24, 2.45) is 0 Å². The Morgan fingerprint density at radius 2 is 1.27 bits per heavy atom. The number of nitrogens with zero attached hydrogens (tertiary/aromatic N) is 1. The van der Waals surface area contributed by atoms with Gasteiger partial charge >= 0.3 is 0 Å². The molecule has 92 valence electrons.